The monoisotopic (exact) mass is 202 g/mol. The van der Waals surface area contributed by atoms with Gasteiger partial charge in [-0.25, -0.2) is 0 Å². The Morgan fingerprint density at radius 2 is 1.92 bits per heavy atom. The molecule has 0 aliphatic rings. The van der Waals surface area contributed by atoms with Gasteiger partial charge in [-0.05, 0) is 25.7 Å². The highest BCUT2D eigenvalue weighted by atomic mass is 35.5. The Bertz CT molecular complexity index is 159. The van der Waals surface area contributed by atoms with Crippen LogP contribution in [0.25, 0.3) is 0 Å². The van der Waals surface area contributed by atoms with Crippen molar-refractivity contribution in [2.45, 2.75) is 59.8 Å². The summed E-state index contributed by atoms with van der Waals surface area (Å²) in [5.74, 6) is 0.792. The van der Waals surface area contributed by atoms with E-state index >= 15 is 0 Å². The molecule has 0 amide bonds. The first kappa shape index (κ1) is 13.0. The molecule has 1 unspecified atom stereocenters. The van der Waals surface area contributed by atoms with E-state index < -0.39 is 0 Å². The molecular formula is C12H23Cl. The predicted molar refractivity (Wildman–Crippen MR) is 62.2 cm³/mol. The molecule has 0 nitrogen and oxygen atoms in total. The van der Waals surface area contributed by atoms with E-state index in [1.165, 1.54) is 31.3 Å². The minimum absolute atomic E-state index is 0.792. The van der Waals surface area contributed by atoms with Gasteiger partial charge in [-0.15, -0.1) is 0 Å². The summed E-state index contributed by atoms with van der Waals surface area (Å²) < 4.78 is 0. The van der Waals surface area contributed by atoms with Gasteiger partial charge in [0.05, 0.1) is 0 Å². The fourth-order valence-electron chi connectivity index (χ4n) is 1.59. The molecule has 0 spiro atoms. The molecule has 0 aliphatic carbocycles. The van der Waals surface area contributed by atoms with Gasteiger partial charge in [0.1, 0.15) is 0 Å². The van der Waals surface area contributed by atoms with Gasteiger partial charge in [0.2, 0.25) is 0 Å². The van der Waals surface area contributed by atoms with Crippen molar-refractivity contribution in [1.29, 1.82) is 0 Å². The van der Waals surface area contributed by atoms with Crippen molar-refractivity contribution >= 4 is 11.6 Å². The van der Waals surface area contributed by atoms with E-state index in [-0.39, 0.29) is 0 Å². The van der Waals surface area contributed by atoms with Gasteiger partial charge in [0, 0.05) is 5.03 Å². The van der Waals surface area contributed by atoms with Crippen LogP contribution in [0, 0.1) is 5.92 Å². The summed E-state index contributed by atoms with van der Waals surface area (Å²) in [6.45, 7) is 8.84. The molecule has 0 saturated heterocycles. The maximum atomic E-state index is 6.07. The summed E-state index contributed by atoms with van der Waals surface area (Å²) in [7, 11) is 0. The van der Waals surface area contributed by atoms with E-state index in [1.54, 1.807) is 0 Å². The van der Waals surface area contributed by atoms with Crippen LogP contribution in [0.3, 0.4) is 0 Å². The highest BCUT2D eigenvalue weighted by Gasteiger charge is 2.04. The lowest BCUT2D eigenvalue weighted by atomic mass is 9.96. The number of unbranched alkanes of at least 4 members (excludes halogenated alkanes) is 1. The minimum atomic E-state index is 0.792. The number of hydrogen-bond donors (Lipinski definition) is 0. The molecule has 0 radical (unpaired) electrons. The molecule has 0 N–H and O–H groups in total. The van der Waals surface area contributed by atoms with Crippen LogP contribution in [0.5, 0.6) is 0 Å². The van der Waals surface area contributed by atoms with Crippen LogP contribution in [0.4, 0.5) is 0 Å². The first-order valence-corrected chi connectivity index (χ1v) is 5.83. The standard InChI is InChI=1S/C12H23Cl/c1-5-7-8-10(3)9-11(4)12(13)6-2/h10H,5-9H2,1-4H3/b12-11+. The second-order valence-corrected chi connectivity index (χ2v) is 4.45. The topological polar surface area (TPSA) is 0 Å². The lowest BCUT2D eigenvalue weighted by Crippen LogP contribution is -1.96. The van der Waals surface area contributed by atoms with E-state index in [2.05, 4.69) is 27.7 Å². The average Bonchev–Trinajstić information content (AvgIpc) is 2.13. The second-order valence-electron chi connectivity index (χ2n) is 3.99. The van der Waals surface area contributed by atoms with Crippen molar-refractivity contribution in [3.05, 3.63) is 10.6 Å². The summed E-state index contributed by atoms with van der Waals surface area (Å²) in [6, 6.07) is 0. The van der Waals surface area contributed by atoms with E-state index in [0.29, 0.717) is 0 Å². The van der Waals surface area contributed by atoms with Crippen molar-refractivity contribution in [3.8, 4) is 0 Å². The molecule has 0 saturated carbocycles. The van der Waals surface area contributed by atoms with E-state index in [9.17, 15) is 0 Å². The van der Waals surface area contributed by atoms with Gasteiger partial charge in [0.25, 0.3) is 0 Å². The largest absolute Gasteiger partial charge is 0.0892 e. The van der Waals surface area contributed by atoms with Crippen molar-refractivity contribution in [3.63, 3.8) is 0 Å². The quantitative estimate of drug-likeness (QED) is 0.561. The highest BCUT2D eigenvalue weighted by molar-refractivity contribution is 6.29. The van der Waals surface area contributed by atoms with Gasteiger partial charge < -0.3 is 0 Å². The van der Waals surface area contributed by atoms with Crippen molar-refractivity contribution in [2.75, 3.05) is 0 Å². The van der Waals surface area contributed by atoms with Crippen LogP contribution in [0.2, 0.25) is 0 Å². The zero-order valence-electron chi connectivity index (χ0n) is 9.49. The molecule has 0 rings (SSSR count). The van der Waals surface area contributed by atoms with E-state index in [1.807, 2.05) is 0 Å². The summed E-state index contributed by atoms with van der Waals surface area (Å²) in [4.78, 5) is 0. The summed E-state index contributed by atoms with van der Waals surface area (Å²) in [5, 5.41) is 1.06. The van der Waals surface area contributed by atoms with Gasteiger partial charge in [-0.1, -0.05) is 57.2 Å². The second kappa shape index (κ2) is 7.44. The van der Waals surface area contributed by atoms with Gasteiger partial charge in [0.15, 0.2) is 0 Å². The van der Waals surface area contributed by atoms with Crippen LogP contribution in [0.15, 0.2) is 10.6 Å². The third-order valence-electron chi connectivity index (χ3n) is 2.48. The fraction of sp³-hybridized carbons (Fsp3) is 0.833. The van der Waals surface area contributed by atoms with Crippen LogP contribution in [0.1, 0.15) is 59.8 Å². The Kier molecular flexibility index (Phi) is 7.45. The van der Waals surface area contributed by atoms with Crippen LogP contribution in [-0.4, -0.2) is 0 Å². The first-order valence-electron chi connectivity index (χ1n) is 5.45. The zero-order chi connectivity index (χ0) is 10.3. The van der Waals surface area contributed by atoms with Crippen molar-refractivity contribution < 1.29 is 0 Å². The third-order valence-corrected chi connectivity index (χ3v) is 3.07. The molecular weight excluding hydrogens is 180 g/mol. The Morgan fingerprint density at radius 1 is 1.31 bits per heavy atom. The molecule has 0 aromatic rings. The summed E-state index contributed by atoms with van der Waals surface area (Å²) in [6.07, 6.45) is 6.13. The molecule has 0 fully saturated rings. The highest BCUT2D eigenvalue weighted by Crippen LogP contribution is 2.22. The molecule has 0 aromatic heterocycles. The number of hydrogen-bond acceptors (Lipinski definition) is 0. The molecule has 0 aliphatic heterocycles. The molecule has 0 aromatic carbocycles. The Labute approximate surface area is 88.4 Å². The molecule has 1 atom stereocenters. The number of rotatable bonds is 6. The summed E-state index contributed by atoms with van der Waals surface area (Å²) in [5.41, 5.74) is 1.38. The lowest BCUT2D eigenvalue weighted by molar-refractivity contribution is 0.501. The number of allylic oxidation sites excluding steroid dienone is 2. The van der Waals surface area contributed by atoms with Crippen LogP contribution >= 0.6 is 11.6 Å². The van der Waals surface area contributed by atoms with Crippen LogP contribution in [-0.2, 0) is 0 Å². The lowest BCUT2D eigenvalue weighted by Gasteiger charge is -2.12. The maximum absolute atomic E-state index is 6.07. The zero-order valence-corrected chi connectivity index (χ0v) is 10.2. The van der Waals surface area contributed by atoms with E-state index in [0.717, 1.165) is 17.4 Å². The Morgan fingerprint density at radius 3 is 2.38 bits per heavy atom. The molecule has 0 bridgehead atoms. The smallest absolute Gasteiger partial charge is 0.0167 e. The van der Waals surface area contributed by atoms with Crippen molar-refractivity contribution in [1.82, 2.24) is 0 Å². The van der Waals surface area contributed by atoms with Gasteiger partial charge >= 0.3 is 0 Å². The molecule has 0 heterocycles. The van der Waals surface area contributed by atoms with Gasteiger partial charge in [-0.3, -0.25) is 0 Å². The normalized spacial score (nSPS) is 15.5. The molecule has 78 valence electrons. The minimum Gasteiger partial charge on any atom is -0.0892 e. The molecule has 1 heteroatoms. The van der Waals surface area contributed by atoms with Gasteiger partial charge in [-0.2, -0.15) is 0 Å². The Hall–Kier alpha value is 0.0300. The SMILES string of the molecule is CCCCC(C)C/C(C)=C(/Cl)CC. The summed E-state index contributed by atoms with van der Waals surface area (Å²) >= 11 is 6.07. The van der Waals surface area contributed by atoms with Crippen molar-refractivity contribution in [2.24, 2.45) is 5.92 Å². The maximum Gasteiger partial charge on any atom is 0.0167 e. The fourth-order valence-corrected chi connectivity index (χ4v) is 1.67. The molecule has 13 heavy (non-hydrogen) atoms. The first-order chi connectivity index (χ1) is 6.11. The predicted octanol–water partition coefficient (Wildman–Crippen LogP) is 5.13. The Balaban J connectivity index is 3.83. The van der Waals surface area contributed by atoms with Crippen LogP contribution < -0.4 is 0 Å². The van der Waals surface area contributed by atoms with E-state index in [4.69, 9.17) is 11.6 Å². The average molecular weight is 203 g/mol. The number of halogens is 1. The third kappa shape index (κ3) is 6.15.